The summed E-state index contributed by atoms with van der Waals surface area (Å²) in [6, 6.07) is 11.7. The van der Waals surface area contributed by atoms with Gasteiger partial charge in [0.15, 0.2) is 0 Å². The van der Waals surface area contributed by atoms with Gasteiger partial charge < -0.3 is 5.11 Å². The molecule has 17 heavy (non-hydrogen) atoms. The second-order valence-electron chi connectivity index (χ2n) is 4.29. The molecule has 0 bridgehead atoms. The van der Waals surface area contributed by atoms with Gasteiger partial charge in [0.25, 0.3) is 0 Å². The van der Waals surface area contributed by atoms with Crippen LogP contribution < -0.4 is 0 Å². The van der Waals surface area contributed by atoms with Gasteiger partial charge in [0.1, 0.15) is 0 Å². The molecule has 3 rings (SSSR count). The number of hydrogen-bond donors (Lipinski definition) is 1. The van der Waals surface area contributed by atoms with Crippen LogP contribution in [-0.4, -0.2) is 20.9 Å². The van der Waals surface area contributed by atoms with Crippen molar-refractivity contribution in [2.24, 2.45) is 5.92 Å². The van der Waals surface area contributed by atoms with E-state index in [0.29, 0.717) is 6.42 Å². The van der Waals surface area contributed by atoms with Crippen LogP contribution in [-0.2, 0) is 4.79 Å². The predicted molar refractivity (Wildman–Crippen MR) is 62.0 cm³/mol. The van der Waals surface area contributed by atoms with E-state index in [2.05, 4.69) is 5.10 Å². The summed E-state index contributed by atoms with van der Waals surface area (Å²) in [7, 11) is 0. The summed E-state index contributed by atoms with van der Waals surface area (Å²) < 4.78 is 1.83. The van der Waals surface area contributed by atoms with Gasteiger partial charge in [0.05, 0.1) is 11.6 Å². The standard InChI is InChI=1S/C13H12N2O2/c16-13(17)11-8-10(11)12-6-7-14-15(12)9-4-2-1-3-5-9/h1-7,10-11H,8H2,(H,16,17). The highest BCUT2D eigenvalue weighted by Gasteiger charge is 2.46. The molecule has 0 aliphatic heterocycles. The van der Waals surface area contributed by atoms with Crippen LogP contribution >= 0.6 is 0 Å². The van der Waals surface area contributed by atoms with Crippen molar-refractivity contribution in [3.05, 3.63) is 48.3 Å². The Balaban J connectivity index is 1.94. The number of aromatic nitrogens is 2. The van der Waals surface area contributed by atoms with Crippen molar-refractivity contribution >= 4 is 5.97 Å². The molecular weight excluding hydrogens is 216 g/mol. The highest BCUT2D eigenvalue weighted by Crippen LogP contribution is 2.47. The first kappa shape index (κ1) is 10.1. The molecule has 1 aliphatic carbocycles. The van der Waals surface area contributed by atoms with E-state index in [-0.39, 0.29) is 11.8 Å². The van der Waals surface area contributed by atoms with Gasteiger partial charge >= 0.3 is 5.97 Å². The number of aliphatic carboxylic acids is 1. The van der Waals surface area contributed by atoms with Gasteiger partial charge in [-0.1, -0.05) is 18.2 Å². The molecule has 1 aromatic carbocycles. The molecule has 0 radical (unpaired) electrons. The van der Waals surface area contributed by atoms with E-state index >= 15 is 0 Å². The van der Waals surface area contributed by atoms with Gasteiger partial charge in [-0.05, 0) is 24.6 Å². The molecule has 1 aliphatic rings. The molecule has 1 fully saturated rings. The average molecular weight is 228 g/mol. The molecule has 4 heteroatoms. The van der Waals surface area contributed by atoms with Crippen molar-refractivity contribution in [1.29, 1.82) is 0 Å². The third-order valence-corrected chi connectivity index (χ3v) is 3.16. The maximum absolute atomic E-state index is 10.9. The van der Waals surface area contributed by atoms with Gasteiger partial charge in [-0.15, -0.1) is 0 Å². The van der Waals surface area contributed by atoms with Crippen molar-refractivity contribution in [2.45, 2.75) is 12.3 Å². The fraction of sp³-hybridized carbons (Fsp3) is 0.231. The highest BCUT2D eigenvalue weighted by molar-refractivity contribution is 5.75. The number of hydrogen-bond acceptors (Lipinski definition) is 2. The maximum atomic E-state index is 10.9. The van der Waals surface area contributed by atoms with Crippen molar-refractivity contribution in [1.82, 2.24) is 9.78 Å². The first-order valence-electron chi connectivity index (χ1n) is 5.59. The fourth-order valence-electron chi connectivity index (χ4n) is 2.17. The summed E-state index contributed by atoms with van der Waals surface area (Å²) in [5, 5.41) is 13.2. The first-order chi connectivity index (χ1) is 8.27. The molecule has 1 N–H and O–H groups in total. The lowest BCUT2D eigenvalue weighted by atomic mass is 10.2. The fourth-order valence-corrected chi connectivity index (χ4v) is 2.17. The minimum Gasteiger partial charge on any atom is -0.481 e. The molecule has 1 aromatic heterocycles. The zero-order valence-electron chi connectivity index (χ0n) is 9.15. The summed E-state index contributed by atoms with van der Waals surface area (Å²) in [5.74, 6) is -0.847. The van der Waals surface area contributed by atoms with Crippen LogP contribution in [0.25, 0.3) is 5.69 Å². The van der Waals surface area contributed by atoms with E-state index in [1.54, 1.807) is 6.20 Å². The van der Waals surface area contributed by atoms with Crippen LogP contribution in [0.4, 0.5) is 0 Å². The van der Waals surface area contributed by atoms with Gasteiger partial charge in [-0.25, -0.2) is 4.68 Å². The number of carboxylic acids is 1. The van der Waals surface area contributed by atoms with E-state index in [9.17, 15) is 4.79 Å². The highest BCUT2D eigenvalue weighted by atomic mass is 16.4. The predicted octanol–water partition coefficient (Wildman–Crippen LogP) is 2.06. The van der Waals surface area contributed by atoms with Crippen molar-refractivity contribution in [3.8, 4) is 5.69 Å². The van der Waals surface area contributed by atoms with Crippen LogP contribution in [0, 0.1) is 5.92 Å². The average Bonchev–Trinajstić information content (AvgIpc) is 3.00. The lowest BCUT2D eigenvalue weighted by molar-refractivity contribution is -0.138. The molecule has 2 atom stereocenters. The molecule has 1 saturated carbocycles. The third kappa shape index (κ3) is 1.71. The van der Waals surface area contributed by atoms with Crippen LogP contribution in [0.3, 0.4) is 0 Å². The number of carboxylic acid groups (broad SMARTS) is 1. The van der Waals surface area contributed by atoms with Gasteiger partial charge in [0.2, 0.25) is 0 Å². The smallest absolute Gasteiger partial charge is 0.307 e. The molecule has 0 saturated heterocycles. The van der Waals surface area contributed by atoms with E-state index < -0.39 is 5.97 Å². The SMILES string of the molecule is O=C(O)C1CC1c1ccnn1-c1ccccc1. The molecule has 2 aromatic rings. The Labute approximate surface area is 98.5 Å². The number of carbonyl (C=O) groups is 1. The van der Waals surface area contributed by atoms with E-state index in [0.717, 1.165) is 11.4 Å². The minimum atomic E-state index is -0.712. The second kappa shape index (κ2) is 3.73. The maximum Gasteiger partial charge on any atom is 0.307 e. The molecule has 86 valence electrons. The zero-order valence-corrected chi connectivity index (χ0v) is 9.15. The first-order valence-corrected chi connectivity index (χ1v) is 5.59. The number of para-hydroxylation sites is 1. The van der Waals surface area contributed by atoms with Crippen molar-refractivity contribution in [3.63, 3.8) is 0 Å². The summed E-state index contributed by atoms with van der Waals surface area (Å²) >= 11 is 0. The van der Waals surface area contributed by atoms with Gasteiger partial charge in [0, 0.05) is 17.8 Å². The lowest BCUT2D eigenvalue weighted by Crippen LogP contribution is -2.04. The van der Waals surface area contributed by atoms with Crippen LogP contribution in [0.5, 0.6) is 0 Å². The Morgan fingerprint density at radius 2 is 2.06 bits per heavy atom. The zero-order chi connectivity index (χ0) is 11.8. The van der Waals surface area contributed by atoms with Crippen LogP contribution in [0.2, 0.25) is 0 Å². The van der Waals surface area contributed by atoms with E-state index in [4.69, 9.17) is 5.11 Å². The van der Waals surface area contributed by atoms with Crippen molar-refractivity contribution in [2.75, 3.05) is 0 Å². The second-order valence-corrected chi connectivity index (χ2v) is 4.29. The molecule has 0 amide bonds. The molecule has 0 spiro atoms. The van der Waals surface area contributed by atoms with Crippen LogP contribution in [0.1, 0.15) is 18.0 Å². The summed E-state index contributed by atoms with van der Waals surface area (Å²) in [6.45, 7) is 0. The topological polar surface area (TPSA) is 55.1 Å². The minimum absolute atomic E-state index is 0.107. The molecule has 1 heterocycles. The Bertz CT molecular complexity index is 548. The Hall–Kier alpha value is -2.10. The number of benzene rings is 1. The monoisotopic (exact) mass is 228 g/mol. The lowest BCUT2D eigenvalue weighted by Gasteiger charge is -2.06. The van der Waals surface area contributed by atoms with Crippen molar-refractivity contribution < 1.29 is 9.90 Å². The van der Waals surface area contributed by atoms with Crippen LogP contribution in [0.15, 0.2) is 42.6 Å². The normalized spacial score (nSPS) is 22.4. The summed E-state index contributed by atoms with van der Waals surface area (Å²) in [6.07, 6.45) is 2.44. The largest absolute Gasteiger partial charge is 0.481 e. The Morgan fingerprint density at radius 1 is 1.29 bits per heavy atom. The van der Waals surface area contributed by atoms with E-state index in [1.807, 2.05) is 41.1 Å². The van der Waals surface area contributed by atoms with Gasteiger partial charge in [-0.3, -0.25) is 4.79 Å². The summed E-state index contributed by atoms with van der Waals surface area (Å²) in [4.78, 5) is 10.9. The number of nitrogens with zero attached hydrogens (tertiary/aromatic N) is 2. The Morgan fingerprint density at radius 3 is 2.71 bits per heavy atom. The number of rotatable bonds is 3. The van der Waals surface area contributed by atoms with Gasteiger partial charge in [-0.2, -0.15) is 5.10 Å². The third-order valence-electron chi connectivity index (χ3n) is 3.16. The summed E-state index contributed by atoms with van der Waals surface area (Å²) in [5.41, 5.74) is 1.96. The quantitative estimate of drug-likeness (QED) is 0.874. The molecule has 2 unspecified atom stereocenters. The Kier molecular flexibility index (Phi) is 2.21. The van der Waals surface area contributed by atoms with E-state index in [1.165, 1.54) is 0 Å². The molecular formula is C13H12N2O2. The molecule has 4 nitrogen and oxygen atoms in total.